The third kappa shape index (κ3) is 3.51. The Labute approximate surface area is 186 Å². The lowest BCUT2D eigenvalue weighted by Crippen LogP contribution is -2.46. The molecule has 166 valence electrons. The van der Waals surface area contributed by atoms with Crippen LogP contribution in [0.4, 0.5) is 5.82 Å². The fraction of sp³-hybridized carbons (Fsp3) is 0.478. The van der Waals surface area contributed by atoms with E-state index in [-0.39, 0.29) is 0 Å². The molecule has 2 aliphatic rings. The molecule has 6 rings (SSSR count). The van der Waals surface area contributed by atoms with Crippen LogP contribution in [-0.4, -0.2) is 72.8 Å². The fourth-order valence-corrected chi connectivity index (χ4v) is 5.13. The Morgan fingerprint density at radius 3 is 2.75 bits per heavy atom. The van der Waals surface area contributed by atoms with Crippen LogP contribution in [0.25, 0.3) is 27.9 Å². The second kappa shape index (κ2) is 8.14. The number of fused-ring (bicyclic) bond motifs is 2. The summed E-state index contributed by atoms with van der Waals surface area (Å²) in [4.78, 5) is 19.4. The van der Waals surface area contributed by atoms with Crippen molar-refractivity contribution in [2.45, 2.75) is 44.7 Å². The maximum Gasteiger partial charge on any atom is 0.153 e. The number of ether oxygens (including phenoxy) is 1. The standard InChI is InChI=1S/C23H28N8O/c1-15-12-24-20-7-6-19(29-31(15)20)18-13-25-22-21(18)23(27-14-26-22)28-16-2-4-17(5-3-16)30-8-10-32-11-9-30/h6-7,12-14,16-17H,2-5,8-11H2,1H3,(H2,25,26,27,28)/t16-,17-. The number of aromatic nitrogens is 6. The van der Waals surface area contributed by atoms with Crippen molar-refractivity contribution in [3.63, 3.8) is 0 Å². The van der Waals surface area contributed by atoms with Gasteiger partial charge in [-0.1, -0.05) is 0 Å². The Morgan fingerprint density at radius 2 is 1.91 bits per heavy atom. The number of aromatic amines is 1. The van der Waals surface area contributed by atoms with Gasteiger partial charge < -0.3 is 15.0 Å². The molecule has 2 N–H and O–H groups in total. The highest BCUT2D eigenvalue weighted by molar-refractivity contribution is 6.00. The molecule has 0 atom stereocenters. The van der Waals surface area contributed by atoms with Crippen molar-refractivity contribution in [3.8, 4) is 11.3 Å². The van der Waals surface area contributed by atoms with Gasteiger partial charge in [0.05, 0.1) is 36.2 Å². The number of nitrogens with one attached hydrogen (secondary N) is 2. The van der Waals surface area contributed by atoms with E-state index in [1.807, 2.05) is 36.0 Å². The normalized spacial score (nSPS) is 22.5. The van der Waals surface area contributed by atoms with E-state index < -0.39 is 0 Å². The van der Waals surface area contributed by atoms with Gasteiger partial charge in [0, 0.05) is 36.9 Å². The number of nitrogens with zero attached hydrogens (tertiary/aromatic N) is 6. The zero-order valence-electron chi connectivity index (χ0n) is 18.3. The molecule has 32 heavy (non-hydrogen) atoms. The maximum absolute atomic E-state index is 5.52. The van der Waals surface area contributed by atoms with E-state index in [2.05, 4.69) is 30.2 Å². The summed E-state index contributed by atoms with van der Waals surface area (Å²) in [5.74, 6) is 0.880. The first-order chi connectivity index (χ1) is 15.8. The monoisotopic (exact) mass is 432 g/mol. The molecule has 0 bridgehead atoms. The topological polar surface area (TPSA) is 96.3 Å². The van der Waals surface area contributed by atoms with Gasteiger partial charge in [0.2, 0.25) is 0 Å². The predicted octanol–water partition coefficient (Wildman–Crippen LogP) is 3.03. The third-order valence-electron chi connectivity index (χ3n) is 6.88. The van der Waals surface area contributed by atoms with Gasteiger partial charge in [-0.3, -0.25) is 4.90 Å². The van der Waals surface area contributed by atoms with Crippen LogP contribution in [0.1, 0.15) is 31.4 Å². The van der Waals surface area contributed by atoms with E-state index >= 15 is 0 Å². The first-order valence-corrected chi connectivity index (χ1v) is 11.5. The summed E-state index contributed by atoms with van der Waals surface area (Å²) in [5, 5.41) is 9.53. The molecule has 2 fully saturated rings. The largest absolute Gasteiger partial charge is 0.379 e. The number of hydrogen-bond acceptors (Lipinski definition) is 7. The van der Waals surface area contributed by atoms with E-state index in [1.54, 1.807) is 6.33 Å². The first-order valence-electron chi connectivity index (χ1n) is 11.5. The van der Waals surface area contributed by atoms with Crippen molar-refractivity contribution in [2.24, 2.45) is 0 Å². The highest BCUT2D eigenvalue weighted by Gasteiger charge is 2.27. The number of hydrogen-bond donors (Lipinski definition) is 2. The summed E-state index contributed by atoms with van der Waals surface area (Å²) in [6.07, 6.45) is 10.2. The number of H-pyrrole nitrogens is 1. The summed E-state index contributed by atoms with van der Waals surface area (Å²) in [7, 11) is 0. The van der Waals surface area contributed by atoms with Gasteiger partial charge in [0.25, 0.3) is 0 Å². The van der Waals surface area contributed by atoms with Gasteiger partial charge in [-0.05, 0) is 44.7 Å². The van der Waals surface area contributed by atoms with Crippen molar-refractivity contribution in [3.05, 3.63) is 36.5 Å². The van der Waals surface area contributed by atoms with Crippen molar-refractivity contribution in [2.75, 3.05) is 31.6 Å². The van der Waals surface area contributed by atoms with Crippen molar-refractivity contribution in [1.82, 2.24) is 34.4 Å². The molecule has 0 spiro atoms. The molecular weight excluding hydrogens is 404 g/mol. The second-order valence-corrected chi connectivity index (χ2v) is 8.83. The van der Waals surface area contributed by atoms with Crippen LogP contribution in [0.3, 0.4) is 0 Å². The number of imidazole rings is 1. The molecule has 9 nitrogen and oxygen atoms in total. The highest BCUT2D eigenvalue weighted by atomic mass is 16.5. The predicted molar refractivity (Wildman–Crippen MR) is 123 cm³/mol. The number of morpholine rings is 1. The van der Waals surface area contributed by atoms with Gasteiger partial charge >= 0.3 is 0 Å². The lowest BCUT2D eigenvalue weighted by molar-refractivity contribution is 0.00791. The Balaban J connectivity index is 1.25. The van der Waals surface area contributed by atoms with E-state index in [4.69, 9.17) is 9.84 Å². The Morgan fingerprint density at radius 1 is 1.06 bits per heavy atom. The summed E-state index contributed by atoms with van der Waals surface area (Å²) in [5.41, 5.74) is 4.55. The van der Waals surface area contributed by atoms with E-state index in [9.17, 15) is 0 Å². The summed E-state index contributed by atoms with van der Waals surface area (Å²) < 4.78 is 7.39. The average molecular weight is 433 g/mol. The molecule has 0 aromatic carbocycles. The minimum Gasteiger partial charge on any atom is -0.379 e. The SMILES string of the molecule is Cc1cnc2ccc(-c3c[nH]c4ncnc(N[C@H]5CC[C@H](N6CCOCC6)CC5)c34)nn12. The molecular formula is C23H28N8O. The van der Waals surface area contributed by atoms with E-state index in [0.29, 0.717) is 12.1 Å². The highest BCUT2D eigenvalue weighted by Crippen LogP contribution is 2.33. The van der Waals surface area contributed by atoms with Crippen molar-refractivity contribution >= 4 is 22.5 Å². The number of aryl methyl sites for hydroxylation is 1. The zero-order valence-corrected chi connectivity index (χ0v) is 18.3. The van der Waals surface area contributed by atoms with Crippen LogP contribution in [0, 0.1) is 6.92 Å². The van der Waals surface area contributed by atoms with Crippen LogP contribution in [0.2, 0.25) is 0 Å². The van der Waals surface area contributed by atoms with Gasteiger partial charge in [0.15, 0.2) is 5.65 Å². The van der Waals surface area contributed by atoms with Crippen LogP contribution < -0.4 is 5.32 Å². The molecule has 0 radical (unpaired) electrons. The van der Waals surface area contributed by atoms with E-state index in [0.717, 1.165) is 78.6 Å². The van der Waals surface area contributed by atoms with Crippen LogP contribution >= 0.6 is 0 Å². The van der Waals surface area contributed by atoms with Crippen LogP contribution in [-0.2, 0) is 4.74 Å². The van der Waals surface area contributed by atoms with Crippen LogP contribution in [0.5, 0.6) is 0 Å². The second-order valence-electron chi connectivity index (χ2n) is 8.83. The first kappa shape index (κ1) is 19.6. The van der Waals surface area contributed by atoms with Crippen molar-refractivity contribution < 1.29 is 4.74 Å². The lowest BCUT2D eigenvalue weighted by atomic mass is 9.90. The third-order valence-corrected chi connectivity index (χ3v) is 6.88. The Hall–Kier alpha value is -3.04. The average Bonchev–Trinajstić information content (AvgIpc) is 3.44. The molecule has 1 aliphatic carbocycles. The number of rotatable bonds is 4. The number of anilines is 1. The molecule has 0 unspecified atom stereocenters. The molecule has 1 aliphatic heterocycles. The van der Waals surface area contributed by atoms with Gasteiger partial charge in [-0.2, -0.15) is 5.10 Å². The molecule has 5 heterocycles. The lowest BCUT2D eigenvalue weighted by Gasteiger charge is -2.39. The van der Waals surface area contributed by atoms with Gasteiger partial charge in [0.1, 0.15) is 17.8 Å². The molecule has 1 saturated carbocycles. The zero-order chi connectivity index (χ0) is 21.5. The van der Waals surface area contributed by atoms with E-state index in [1.165, 1.54) is 12.8 Å². The van der Waals surface area contributed by atoms with Gasteiger partial charge in [-0.15, -0.1) is 0 Å². The smallest absolute Gasteiger partial charge is 0.153 e. The molecule has 1 saturated heterocycles. The van der Waals surface area contributed by atoms with Crippen LogP contribution in [0.15, 0.2) is 30.9 Å². The molecule has 9 heteroatoms. The molecule has 4 aromatic heterocycles. The summed E-state index contributed by atoms with van der Waals surface area (Å²) >= 11 is 0. The summed E-state index contributed by atoms with van der Waals surface area (Å²) in [6.45, 7) is 5.87. The molecule has 4 aromatic rings. The summed E-state index contributed by atoms with van der Waals surface area (Å²) in [6, 6.07) is 5.10. The Kier molecular flexibility index (Phi) is 4.99. The van der Waals surface area contributed by atoms with Gasteiger partial charge in [-0.25, -0.2) is 19.5 Å². The quantitative estimate of drug-likeness (QED) is 0.512. The Bertz CT molecular complexity index is 1230. The minimum atomic E-state index is 0.416. The maximum atomic E-state index is 5.52. The van der Waals surface area contributed by atoms with Crippen molar-refractivity contribution in [1.29, 1.82) is 0 Å². The fourth-order valence-electron chi connectivity index (χ4n) is 5.13. The molecule has 0 amide bonds. The minimum absolute atomic E-state index is 0.416.